The summed E-state index contributed by atoms with van der Waals surface area (Å²) >= 11 is 0. The van der Waals surface area contributed by atoms with Gasteiger partial charge in [-0.25, -0.2) is 4.79 Å². The number of methoxy groups -OCH3 is 1. The molecule has 31 aromatic carbocycles. The lowest BCUT2D eigenvalue weighted by Crippen LogP contribution is -2.10. The molecule has 32 rings (SSSR count). The number of fused-ring (bicyclic) bond motifs is 5. The van der Waals surface area contributed by atoms with Crippen molar-refractivity contribution in [2.24, 2.45) is 0 Å². The molecule has 0 unspecified atom stereocenters. The molecule has 0 atom stereocenters. The standard InChI is InChI=1S/C69H8O2/c1-71-69(70)7-4-2-6(3-5-7)8-9-11-15-12-10(8)14-17-16-13(9)20-23-18(11)29-31-22(15)32-30-19(12)24-21(14)28-26(17)36-35-25(16)27(20)37-43-33(23)39(29)49-51-41(31)42(32)52-50-40(30)34(24)44-38(28)48-46(36)55-45(35)47(37)56-53(43)58(49)65-60(51)61(52)66-59(50)54(44)57(48)64-62(55)63(56)67(65)68(64)66/h2-5,8H,1H3. The van der Waals surface area contributed by atoms with Crippen molar-refractivity contribution in [3.8, 4) is 0 Å². The summed E-state index contributed by atoms with van der Waals surface area (Å²) in [5.74, 6) is -0.266. The van der Waals surface area contributed by atoms with Crippen LogP contribution in [0.4, 0.5) is 0 Å². The van der Waals surface area contributed by atoms with E-state index in [1.807, 2.05) is 0 Å². The minimum absolute atomic E-state index is 0.00203. The Morgan fingerprint density at radius 2 is 0.380 bits per heavy atom. The molecule has 0 saturated carbocycles. The Hall–Kier alpha value is -9.11. The summed E-state index contributed by atoms with van der Waals surface area (Å²) in [6, 6.07) is 8.79. The largest absolute Gasteiger partial charge is 0.465 e. The second-order valence-corrected chi connectivity index (χ2v) is 25.1. The number of benzene rings is 20. The maximum Gasteiger partial charge on any atom is 0.337 e. The molecular formula is C69H8O2. The van der Waals surface area contributed by atoms with Crippen molar-refractivity contribution < 1.29 is 9.53 Å². The minimum Gasteiger partial charge on any atom is -0.465 e. The first-order chi connectivity index (χ1) is 35.3. The van der Waals surface area contributed by atoms with Gasteiger partial charge in [0.25, 0.3) is 0 Å². The first-order valence-electron chi connectivity index (χ1n) is 26.0. The highest BCUT2D eigenvalue weighted by Crippen LogP contribution is 2.80. The molecule has 2 heteroatoms. The van der Waals surface area contributed by atoms with E-state index in [0.717, 1.165) is 0 Å². The molecular weight excluding hydrogens is 861 g/mol. The topological polar surface area (TPSA) is 26.3 Å². The van der Waals surface area contributed by atoms with E-state index in [1.165, 1.54) is 12.7 Å². The second-order valence-electron chi connectivity index (χ2n) is 25.1. The third kappa shape index (κ3) is 1.50. The van der Waals surface area contributed by atoms with Crippen LogP contribution in [0.2, 0.25) is 0 Å². The molecule has 0 aromatic heterocycles. The van der Waals surface area contributed by atoms with Crippen molar-refractivity contribution in [1.29, 1.82) is 0 Å². The van der Waals surface area contributed by atoms with Crippen molar-refractivity contribution in [2.75, 3.05) is 7.11 Å². The quantitative estimate of drug-likeness (QED) is 0.128. The molecule has 0 bridgehead atoms. The number of hydrogen-bond acceptors (Lipinski definition) is 2. The van der Waals surface area contributed by atoms with Crippen molar-refractivity contribution in [2.45, 2.75) is 5.92 Å². The van der Waals surface area contributed by atoms with Gasteiger partial charge in [0.2, 0.25) is 0 Å². The molecule has 31 aromatic rings. The Bertz CT molecular complexity index is 7240. The Morgan fingerprint density at radius 1 is 0.239 bits per heavy atom. The summed E-state index contributed by atoms with van der Waals surface area (Å²) in [7, 11) is 1.51. The number of hydrogen-bond donors (Lipinski definition) is 0. The van der Waals surface area contributed by atoms with Crippen LogP contribution in [0, 0.1) is 0 Å². The molecule has 0 amide bonds. The van der Waals surface area contributed by atoms with Gasteiger partial charge < -0.3 is 4.74 Å². The average Bonchev–Trinajstić information content (AvgIpc) is 4.44. The normalized spacial score (nSPS) is 17.4. The predicted octanol–water partition coefficient (Wildman–Crippen LogP) is 19.0. The van der Waals surface area contributed by atoms with Crippen molar-refractivity contribution in [1.82, 2.24) is 0 Å². The molecule has 0 spiro atoms. The van der Waals surface area contributed by atoms with Crippen LogP contribution in [-0.2, 0) is 4.74 Å². The van der Waals surface area contributed by atoms with Crippen LogP contribution in [0.15, 0.2) is 24.3 Å². The van der Waals surface area contributed by atoms with Gasteiger partial charge in [0.15, 0.2) is 0 Å². The lowest BCUT2D eigenvalue weighted by Gasteiger charge is -2.31. The van der Waals surface area contributed by atoms with Crippen molar-refractivity contribution in [3.05, 3.63) is 46.5 Å². The van der Waals surface area contributed by atoms with E-state index in [9.17, 15) is 4.79 Å². The summed E-state index contributed by atoms with van der Waals surface area (Å²) in [6.07, 6.45) is 0. The zero-order chi connectivity index (χ0) is 42.5. The molecule has 0 heterocycles. The third-order valence-electron chi connectivity index (χ3n) is 24.6. The van der Waals surface area contributed by atoms with E-state index in [4.69, 9.17) is 4.74 Å². The van der Waals surface area contributed by atoms with Crippen LogP contribution in [0.3, 0.4) is 0 Å². The molecule has 0 saturated heterocycles. The lowest BCUT2D eigenvalue weighted by atomic mass is 9.71. The summed E-state index contributed by atoms with van der Waals surface area (Å²) in [5.41, 5.74) is 5.06. The summed E-state index contributed by atoms with van der Waals surface area (Å²) in [4.78, 5) is 13.3. The lowest BCUT2D eigenvalue weighted by molar-refractivity contribution is 0.0600. The number of carbonyl (C=O) groups is 1. The number of esters is 1. The van der Waals surface area contributed by atoms with Gasteiger partial charge in [0.05, 0.1) is 12.7 Å². The smallest absolute Gasteiger partial charge is 0.337 e. The zero-order valence-electron chi connectivity index (χ0n) is 36.2. The van der Waals surface area contributed by atoms with Gasteiger partial charge in [-0.15, -0.1) is 0 Å². The van der Waals surface area contributed by atoms with Crippen LogP contribution >= 0.6 is 0 Å². The van der Waals surface area contributed by atoms with E-state index in [-0.39, 0.29) is 11.9 Å². The molecule has 71 heavy (non-hydrogen) atoms. The van der Waals surface area contributed by atoms with Crippen LogP contribution in [0.25, 0.3) is 312 Å². The SMILES string of the molecule is COC(=O)c1ccc(C2c3c4c5c6c2c2c7c8c3c3c9c4c4c%10c5c5c%11c6c6c2c2c7c7c%12c8c3c3c8c9c4c4c9c%10c5c5c%10c%11c6c6c2c2c7c7c%12c3c3c8c4c4c9c5c5c%10c6c2c2c7c3c4c52)cc1. The fraction of sp³-hybridized carbons (Fsp3) is 0.0290. The van der Waals surface area contributed by atoms with Gasteiger partial charge in [-0.2, -0.15) is 0 Å². The molecule has 0 fully saturated rings. The fourth-order valence-corrected chi connectivity index (χ4v) is 24.1. The molecule has 1 aliphatic carbocycles. The maximum absolute atomic E-state index is 13.3. The fourth-order valence-electron chi connectivity index (χ4n) is 24.1. The summed E-state index contributed by atoms with van der Waals surface area (Å²) < 4.78 is 5.35. The van der Waals surface area contributed by atoms with Gasteiger partial charge in [0, 0.05) is 5.92 Å². The van der Waals surface area contributed by atoms with Crippen molar-refractivity contribution >= 4 is 318 Å². The van der Waals surface area contributed by atoms with Gasteiger partial charge >= 0.3 is 5.97 Å². The average molecular weight is 869 g/mol. The summed E-state index contributed by atoms with van der Waals surface area (Å²) in [6.45, 7) is 0. The zero-order valence-corrected chi connectivity index (χ0v) is 36.2. The monoisotopic (exact) mass is 868 g/mol. The number of carbonyl (C=O) groups excluding carboxylic acids is 1. The van der Waals surface area contributed by atoms with Crippen LogP contribution < -0.4 is 0 Å². The maximum atomic E-state index is 13.3. The molecule has 296 valence electrons. The highest BCUT2D eigenvalue weighted by molar-refractivity contribution is 6.84. The first kappa shape index (κ1) is 26.6. The second kappa shape index (κ2) is 6.19. The number of ether oxygens (including phenoxy) is 1. The Morgan fingerprint density at radius 3 is 0.535 bits per heavy atom. The Labute approximate surface area is 385 Å². The van der Waals surface area contributed by atoms with E-state index < -0.39 is 0 Å². The van der Waals surface area contributed by atoms with Crippen LogP contribution in [-0.4, -0.2) is 13.1 Å². The number of rotatable bonds is 2. The van der Waals surface area contributed by atoms with Crippen molar-refractivity contribution in [3.63, 3.8) is 0 Å². The van der Waals surface area contributed by atoms with Crippen LogP contribution in [0.1, 0.15) is 33.0 Å². The van der Waals surface area contributed by atoms with E-state index >= 15 is 0 Å². The highest BCUT2D eigenvalue weighted by Gasteiger charge is 2.52. The van der Waals surface area contributed by atoms with Gasteiger partial charge in [-0.05, 0) is 341 Å². The van der Waals surface area contributed by atoms with E-state index in [0.29, 0.717) is 5.56 Å². The van der Waals surface area contributed by atoms with Gasteiger partial charge in [-0.1, -0.05) is 12.1 Å². The summed E-state index contributed by atoms with van der Waals surface area (Å²) in [5, 5.41) is 93.1. The Kier molecular flexibility index (Phi) is 2.32. The predicted molar refractivity (Wildman–Crippen MR) is 300 cm³/mol. The Balaban J connectivity index is 1.17. The molecule has 0 N–H and O–H groups in total. The first-order valence-corrected chi connectivity index (χ1v) is 26.0. The highest BCUT2D eigenvalue weighted by atomic mass is 16.5. The molecule has 0 radical (unpaired) electrons. The molecule has 2 nitrogen and oxygen atoms in total. The third-order valence-corrected chi connectivity index (χ3v) is 24.6. The minimum atomic E-state index is -0.269. The van der Waals surface area contributed by atoms with E-state index in [1.54, 1.807) is 324 Å². The van der Waals surface area contributed by atoms with E-state index in [2.05, 4.69) is 24.3 Å². The van der Waals surface area contributed by atoms with Gasteiger partial charge in [0.1, 0.15) is 0 Å². The van der Waals surface area contributed by atoms with Gasteiger partial charge in [-0.3, -0.25) is 0 Å². The van der Waals surface area contributed by atoms with Crippen LogP contribution in [0.5, 0.6) is 0 Å². The molecule has 1 aliphatic rings. The molecule has 0 aliphatic heterocycles.